The highest BCUT2D eigenvalue weighted by Gasteiger charge is 2.48. The van der Waals surface area contributed by atoms with E-state index in [1.807, 2.05) is 31.2 Å². The maximum atomic E-state index is 12.9. The Hall–Kier alpha value is -1.62. The standard InChI is InChI=1S/C23H40N2O6SSi/c1-8-33(9-2,10-3)31-17-22-21(15-18(4)25(22)23(26)30-6)24(32(7,27)28)16-19-11-13-20(29-5)14-12-19/h11-14,18,21-22H,8-10,15-17H2,1-7H3/t18-,21?,22+/m1/s1. The second-order valence-electron chi connectivity index (χ2n) is 8.81. The molecule has 0 saturated carbocycles. The van der Waals surface area contributed by atoms with Gasteiger partial charge >= 0.3 is 6.09 Å². The van der Waals surface area contributed by atoms with Crippen LogP contribution in [0.5, 0.6) is 5.75 Å². The predicted octanol–water partition coefficient (Wildman–Crippen LogP) is 4.08. The average molecular weight is 501 g/mol. The highest BCUT2D eigenvalue weighted by Crippen LogP contribution is 2.33. The van der Waals surface area contributed by atoms with Crippen molar-refractivity contribution in [3.05, 3.63) is 29.8 Å². The van der Waals surface area contributed by atoms with E-state index in [1.54, 1.807) is 12.0 Å². The lowest BCUT2D eigenvalue weighted by atomic mass is 10.1. The summed E-state index contributed by atoms with van der Waals surface area (Å²) in [4.78, 5) is 14.4. The number of nitrogens with zero attached hydrogens (tertiary/aromatic N) is 2. The molecule has 0 radical (unpaired) electrons. The zero-order valence-electron chi connectivity index (χ0n) is 21.0. The Morgan fingerprint density at radius 3 is 2.15 bits per heavy atom. The van der Waals surface area contributed by atoms with E-state index in [0.717, 1.165) is 23.7 Å². The Kier molecular flexibility index (Phi) is 9.78. The van der Waals surface area contributed by atoms with E-state index in [0.29, 0.717) is 18.8 Å². The van der Waals surface area contributed by atoms with E-state index in [4.69, 9.17) is 13.9 Å². The van der Waals surface area contributed by atoms with Crippen LogP contribution in [0.3, 0.4) is 0 Å². The number of carbonyl (C=O) groups excluding carboxylic acids is 1. The monoisotopic (exact) mass is 500 g/mol. The zero-order chi connectivity index (χ0) is 24.8. The number of hydrogen-bond donors (Lipinski definition) is 0. The molecule has 1 aliphatic heterocycles. The molecule has 0 spiro atoms. The summed E-state index contributed by atoms with van der Waals surface area (Å²) in [5.41, 5.74) is 0.851. The van der Waals surface area contributed by atoms with Crippen LogP contribution in [0.25, 0.3) is 0 Å². The molecule has 1 heterocycles. The van der Waals surface area contributed by atoms with Crippen LogP contribution < -0.4 is 4.74 Å². The van der Waals surface area contributed by atoms with Crippen LogP contribution in [-0.2, 0) is 25.7 Å². The lowest BCUT2D eigenvalue weighted by Crippen LogP contribution is -2.53. The lowest BCUT2D eigenvalue weighted by Gasteiger charge is -2.37. The van der Waals surface area contributed by atoms with Crippen molar-refractivity contribution in [3.8, 4) is 5.75 Å². The molecule has 1 aromatic rings. The summed E-state index contributed by atoms with van der Waals surface area (Å²) in [5, 5.41) is 0. The van der Waals surface area contributed by atoms with Gasteiger partial charge in [0.2, 0.25) is 10.0 Å². The van der Waals surface area contributed by atoms with Crippen LogP contribution >= 0.6 is 0 Å². The second-order valence-corrected chi connectivity index (χ2v) is 15.5. The van der Waals surface area contributed by atoms with E-state index in [-0.39, 0.29) is 12.6 Å². The van der Waals surface area contributed by atoms with Crippen LogP contribution in [0.15, 0.2) is 24.3 Å². The van der Waals surface area contributed by atoms with E-state index >= 15 is 0 Å². The van der Waals surface area contributed by atoms with Gasteiger partial charge in [0.25, 0.3) is 0 Å². The molecule has 33 heavy (non-hydrogen) atoms. The maximum absolute atomic E-state index is 12.9. The molecule has 0 N–H and O–H groups in total. The molecule has 1 aliphatic rings. The zero-order valence-corrected chi connectivity index (χ0v) is 22.9. The summed E-state index contributed by atoms with van der Waals surface area (Å²) in [7, 11) is -2.55. The lowest BCUT2D eigenvalue weighted by molar-refractivity contribution is 0.0795. The van der Waals surface area contributed by atoms with E-state index in [9.17, 15) is 13.2 Å². The average Bonchev–Trinajstić information content (AvgIpc) is 3.13. The minimum Gasteiger partial charge on any atom is -0.497 e. The summed E-state index contributed by atoms with van der Waals surface area (Å²) >= 11 is 0. The van der Waals surface area contributed by atoms with Gasteiger partial charge in [-0.2, -0.15) is 4.31 Å². The molecule has 1 fully saturated rings. The van der Waals surface area contributed by atoms with Crippen molar-refractivity contribution in [2.45, 2.75) is 76.9 Å². The van der Waals surface area contributed by atoms with Gasteiger partial charge in [-0.05, 0) is 49.2 Å². The summed E-state index contributed by atoms with van der Waals surface area (Å²) < 4.78 is 44.2. The Bertz CT molecular complexity index is 867. The molecule has 1 aromatic carbocycles. The molecule has 0 aromatic heterocycles. The van der Waals surface area contributed by atoms with Gasteiger partial charge in [0.05, 0.1) is 33.1 Å². The smallest absolute Gasteiger partial charge is 0.410 e. The SMILES string of the molecule is CC[Si](CC)(CC)OC[C@H]1C(N(Cc2ccc(OC)cc2)S(C)(=O)=O)C[C@@H](C)N1C(=O)OC. The van der Waals surface area contributed by atoms with Gasteiger partial charge in [-0.25, -0.2) is 13.2 Å². The van der Waals surface area contributed by atoms with E-state index in [2.05, 4.69) is 20.8 Å². The number of hydrogen-bond acceptors (Lipinski definition) is 6. The summed E-state index contributed by atoms with van der Waals surface area (Å²) in [6.45, 7) is 8.90. The van der Waals surface area contributed by atoms with Crippen molar-refractivity contribution in [3.63, 3.8) is 0 Å². The molecular formula is C23H40N2O6SSi. The van der Waals surface area contributed by atoms with Crippen molar-refractivity contribution in [1.82, 2.24) is 9.21 Å². The fourth-order valence-electron chi connectivity index (χ4n) is 4.76. The fourth-order valence-corrected chi connectivity index (χ4v) is 8.50. The highest BCUT2D eigenvalue weighted by atomic mass is 32.2. The third-order valence-electron chi connectivity index (χ3n) is 7.03. The first-order chi connectivity index (χ1) is 15.6. The van der Waals surface area contributed by atoms with Crippen LogP contribution in [0, 0.1) is 0 Å². The molecule has 1 amide bonds. The van der Waals surface area contributed by atoms with Gasteiger partial charge < -0.3 is 13.9 Å². The predicted molar refractivity (Wildman–Crippen MR) is 132 cm³/mol. The van der Waals surface area contributed by atoms with Gasteiger partial charge in [0.1, 0.15) is 5.75 Å². The summed E-state index contributed by atoms with van der Waals surface area (Å²) in [6.07, 6.45) is 1.29. The molecule has 188 valence electrons. The van der Waals surface area contributed by atoms with Gasteiger partial charge in [-0.15, -0.1) is 0 Å². The molecule has 8 nitrogen and oxygen atoms in total. The minimum absolute atomic E-state index is 0.169. The largest absolute Gasteiger partial charge is 0.497 e. The molecule has 1 unspecified atom stereocenters. The highest BCUT2D eigenvalue weighted by molar-refractivity contribution is 7.88. The van der Waals surface area contributed by atoms with Crippen LogP contribution in [-0.4, -0.2) is 77.2 Å². The third-order valence-corrected chi connectivity index (χ3v) is 12.9. The number of benzene rings is 1. The summed E-state index contributed by atoms with van der Waals surface area (Å²) in [5.74, 6) is 0.710. The van der Waals surface area contributed by atoms with Crippen molar-refractivity contribution in [1.29, 1.82) is 0 Å². The number of methoxy groups -OCH3 is 2. The first-order valence-corrected chi connectivity index (χ1v) is 16.0. The van der Waals surface area contributed by atoms with E-state index in [1.165, 1.54) is 17.7 Å². The number of likely N-dealkylation sites (tertiary alicyclic amines) is 1. The molecule has 1 saturated heterocycles. The van der Waals surface area contributed by atoms with Crippen LogP contribution in [0.4, 0.5) is 4.79 Å². The minimum atomic E-state index is -3.57. The molecule has 3 atom stereocenters. The first-order valence-electron chi connectivity index (χ1n) is 11.7. The summed E-state index contributed by atoms with van der Waals surface area (Å²) in [6, 6.07) is 9.30. The van der Waals surface area contributed by atoms with Crippen LogP contribution in [0.1, 0.15) is 39.7 Å². The quantitative estimate of drug-likeness (QED) is 0.426. The van der Waals surface area contributed by atoms with E-state index < -0.39 is 36.5 Å². The second kappa shape index (κ2) is 11.7. The van der Waals surface area contributed by atoms with Crippen molar-refractivity contribution in [2.75, 3.05) is 27.1 Å². The fraction of sp³-hybridized carbons (Fsp3) is 0.696. The van der Waals surface area contributed by atoms with Crippen molar-refractivity contribution >= 4 is 24.4 Å². The first kappa shape index (κ1) is 27.6. The molecule has 0 bridgehead atoms. The van der Waals surface area contributed by atoms with Gasteiger partial charge in [-0.3, -0.25) is 4.90 Å². The Morgan fingerprint density at radius 1 is 1.12 bits per heavy atom. The molecule has 10 heteroatoms. The number of sulfonamides is 1. The Balaban J connectivity index is 2.41. The van der Waals surface area contributed by atoms with Crippen LogP contribution in [0.2, 0.25) is 18.1 Å². The number of rotatable bonds is 11. The molecular weight excluding hydrogens is 460 g/mol. The topological polar surface area (TPSA) is 85.4 Å². The van der Waals surface area contributed by atoms with Crippen molar-refractivity contribution in [2.24, 2.45) is 0 Å². The van der Waals surface area contributed by atoms with Gasteiger partial charge in [0.15, 0.2) is 8.32 Å². The molecule has 2 rings (SSSR count). The number of carbonyl (C=O) groups is 1. The number of amides is 1. The number of ether oxygens (including phenoxy) is 2. The van der Waals surface area contributed by atoms with Gasteiger partial charge in [-0.1, -0.05) is 32.9 Å². The Labute approximate surface area is 200 Å². The Morgan fingerprint density at radius 2 is 1.70 bits per heavy atom. The molecule has 0 aliphatic carbocycles. The maximum Gasteiger partial charge on any atom is 0.410 e. The van der Waals surface area contributed by atoms with Gasteiger partial charge in [0, 0.05) is 18.6 Å². The van der Waals surface area contributed by atoms with Crippen molar-refractivity contribution < 1.29 is 27.1 Å². The third kappa shape index (κ3) is 6.49. The normalized spacial score (nSPS) is 21.5.